The van der Waals surface area contributed by atoms with E-state index in [2.05, 4.69) is 10.3 Å². The fraction of sp³-hybridized carbons (Fsp3) is 0.143. The average molecular weight is 457 g/mol. The zero-order valence-electron chi connectivity index (χ0n) is 16.6. The number of amides is 3. The third-order valence-electron chi connectivity index (χ3n) is 4.06. The monoisotopic (exact) mass is 456 g/mol. The summed E-state index contributed by atoms with van der Waals surface area (Å²) in [5.74, 6) is -0.780. The number of hydrogen-bond donors (Lipinski definition) is 3. The van der Waals surface area contributed by atoms with Crippen molar-refractivity contribution in [2.45, 2.75) is 17.7 Å². The molecule has 0 aliphatic heterocycles. The molecule has 0 unspecified atom stereocenters. The Morgan fingerprint density at radius 2 is 1.90 bits per heavy atom. The Morgan fingerprint density at radius 3 is 2.65 bits per heavy atom. The quantitative estimate of drug-likeness (QED) is 0.423. The van der Waals surface area contributed by atoms with Gasteiger partial charge in [0.05, 0.1) is 21.2 Å². The van der Waals surface area contributed by atoms with Crippen molar-refractivity contribution in [3.63, 3.8) is 0 Å². The van der Waals surface area contributed by atoms with Gasteiger partial charge in [-0.25, -0.2) is 4.98 Å². The number of benzene rings is 2. The maximum atomic E-state index is 12.6. The number of para-hydroxylation sites is 1. The van der Waals surface area contributed by atoms with E-state index < -0.39 is 11.8 Å². The molecule has 160 valence electrons. The molecular formula is C21H20N4O4S2. The number of hydrogen-bond acceptors (Lipinski definition) is 7. The Kier molecular flexibility index (Phi) is 7.27. The Labute approximate surface area is 187 Å². The summed E-state index contributed by atoms with van der Waals surface area (Å²) in [5, 5.41) is 3.21. The van der Waals surface area contributed by atoms with Crippen LogP contribution in [0.1, 0.15) is 32.0 Å². The van der Waals surface area contributed by atoms with E-state index in [-0.39, 0.29) is 18.3 Å². The zero-order valence-corrected chi connectivity index (χ0v) is 18.2. The summed E-state index contributed by atoms with van der Waals surface area (Å²) in [4.78, 5) is 39.4. The van der Waals surface area contributed by atoms with Crippen molar-refractivity contribution in [2.75, 3.05) is 11.1 Å². The molecule has 1 aromatic heterocycles. The summed E-state index contributed by atoms with van der Waals surface area (Å²) in [5.41, 5.74) is 12.7. The summed E-state index contributed by atoms with van der Waals surface area (Å²) in [6.07, 6.45) is 0. The van der Waals surface area contributed by atoms with Gasteiger partial charge in [0.2, 0.25) is 5.91 Å². The van der Waals surface area contributed by atoms with Gasteiger partial charge in [-0.15, -0.1) is 11.8 Å². The number of nitrogens with zero attached hydrogens (tertiary/aromatic N) is 1. The number of ether oxygens (including phenoxy) is 1. The second-order valence-corrected chi connectivity index (χ2v) is 8.69. The Morgan fingerprint density at radius 1 is 1.13 bits per heavy atom. The summed E-state index contributed by atoms with van der Waals surface area (Å²) in [6, 6.07) is 13.6. The first-order valence-corrected chi connectivity index (χ1v) is 10.9. The summed E-state index contributed by atoms with van der Waals surface area (Å²) in [6.45, 7) is 1.97. The molecule has 0 saturated heterocycles. The van der Waals surface area contributed by atoms with Crippen LogP contribution in [0.2, 0.25) is 0 Å². The van der Waals surface area contributed by atoms with Crippen LogP contribution in [0, 0.1) is 6.92 Å². The predicted octanol–water partition coefficient (Wildman–Crippen LogP) is 2.96. The Bertz CT molecular complexity index is 1130. The SMILES string of the molecule is Cc1nc(NC(=O)c2cccc(COc3ccccc3C(N)=O)c2)sc1SCC(N)=O. The summed E-state index contributed by atoms with van der Waals surface area (Å²) >= 11 is 2.57. The van der Waals surface area contributed by atoms with Crippen molar-refractivity contribution in [1.82, 2.24) is 4.98 Å². The lowest BCUT2D eigenvalue weighted by Gasteiger charge is -2.10. The number of primary amides is 2. The number of nitrogens with two attached hydrogens (primary N) is 2. The minimum Gasteiger partial charge on any atom is -0.488 e. The Hall–Kier alpha value is -3.37. The molecule has 0 bridgehead atoms. The van der Waals surface area contributed by atoms with Gasteiger partial charge >= 0.3 is 0 Å². The van der Waals surface area contributed by atoms with Gasteiger partial charge in [0.25, 0.3) is 11.8 Å². The van der Waals surface area contributed by atoms with Crippen LogP contribution in [0.4, 0.5) is 5.13 Å². The smallest absolute Gasteiger partial charge is 0.257 e. The number of aryl methyl sites for hydroxylation is 1. The van der Waals surface area contributed by atoms with Gasteiger partial charge in [-0.2, -0.15) is 0 Å². The molecular weight excluding hydrogens is 436 g/mol. The van der Waals surface area contributed by atoms with E-state index in [4.69, 9.17) is 16.2 Å². The van der Waals surface area contributed by atoms with Crippen LogP contribution in [-0.4, -0.2) is 28.5 Å². The molecule has 8 nitrogen and oxygen atoms in total. The van der Waals surface area contributed by atoms with Crippen LogP contribution in [0.25, 0.3) is 0 Å². The van der Waals surface area contributed by atoms with Gasteiger partial charge in [0.1, 0.15) is 12.4 Å². The second-order valence-electron chi connectivity index (χ2n) is 6.45. The minimum atomic E-state index is -0.573. The molecule has 0 aliphatic carbocycles. The number of aromatic nitrogens is 1. The number of carbonyl (C=O) groups is 3. The van der Waals surface area contributed by atoms with Crippen molar-refractivity contribution in [3.05, 3.63) is 70.9 Å². The topological polar surface area (TPSA) is 137 Å². The molecule has 10 heteroatoms. The molecule has 0 aliphatic rings. The van der Waals surface area contributed by atoms with Crippen molar-refractivity contribution >= 4 is 46.0 Å². The molecule has 0 spiro atoms. The van der Waals surface area contributed by atoms with E-state index in [0.717, 1.165) is 15.5 Å². The van der Waals surface area contributed by atoms with Crippen LogP contribution < -0.4 is 21.5 Å². The molecule has 3 aromatic rings. The lowest BCUT2D eigenvalue weighted by molar-refractivity contribution is -0.115. The molecule has 5 N–H and O–H groups in total. The van der Waals surface area contributed by atoms with Crippen LogP contribution in [0.5, 0.6) is 5.75 Å². The van der Waals surface area contributed by atoms with Crippen LogP contribution in [0.3, 0.4) is 0 Å². The van der Waals surface area contributed by atoms with E-state index in [0.29, 0.717) is 22.0 Å². The van der Waals surface area contributed by atoms with E-state index in [9.17, 15) is 14.4 Å². The zero-order chi connectivity index (χ0) is 22.4. The van der Waals surface area contributed by atoms with Gasteiger partial charge < -0.3 is 16.2 Å². The van der Waals surface area contributed by atoms with Gasteiger partial charge in [0, 0.05) is 5.56 Å². The number of thioether (sulfide) groups is 1. The molecule has 0 saturated carbocycles. The fourth-order valence-electron chi connectivity index (χ4n) is 2.64. The van der Waals surface area contributed by atoms with Crippen molar-refractivity contribution in [2.24, 2.45) is 11.5 Å². The molecule has 3 amide bonds. The lowest BCUT2D eigenvalue weighted by Crippen LogP contribution is -2.13. The fourth-order valence-corrected chi connectivity index (χ4v) is 4.51. The Balaban J connectivity index is 1.66. The maximum absolute atomic E-state index is 12.6. The lowest BCUT2D eigenvalue weighted by atomic mass is 10.1. The number of nitrogens with one attached hydrogen (secondary N) is 1. The van der Waals surface area contributed by atoms with E-state index in [1.807, 2.05) is 6.07 Å². The highest BCUT2D eigenvalue weighted by Crippen LogP contribution is 2.32. The molecule has 0 fully saturated rings. The highest BCUT2D eigenvalue weighted by Gasteiger charge is 2.14. The van der Waals surface area contributed by atoms with Gasteiger partial charge in [-0.1, -0.05) is 35.6 Å². The first-order chi connectivity index (χ1) is 14.8. The van der Waals surface area contributed by atoms with Gasteiger partial charge in [-0.3, -0.25) is 19.7 Å². The maximum Gasteiger partial charge on any atom is 0.257 e. The van der Waals surface area contributed by atoms with E-state index in [1.54, 1.807) is 49.4 Å². The van der Waals surface area contributed by atoms with Gasteiger partial charge in [-0.05, 0) is 36.8 Å². The first kappa shape index (κ1) is 22.3. The highest BCUT2D eigenvalue weighted by atomic mass is 32.2. The number of anilines is 1. The standard InChI is InChI=1S/C21H20N4O4S2/c1-12-20(30-11-17(22)26)31-21(24-12)25-19(28)14-6-4-5-13(9-14)10-29-16-8-3-2-7-15(16)18(23)27/h2-9H,10-11H2,1H3,(H2,22,26)(H2,23,27)(H,24,25,28). The number of thiazole rings is 1. The summed E-state index contributed by atoms with van der Waals surface area (Å²) in [7, 11) is 0. The van der Waals surface area contributed by atoms with E-state index >= 15 is 0 Å². The van der Waals surface area contributed by atoms with E-state index in [1.165, 1.54) is 23.1 Å². The summed E-state index contributed by atoms with van der Waals surface area (Å²) < 4.78 is 6.54. The average Bonchev–Trinajstić information content (AvgIpc) is 3.09. The third kappa shape index (κ3) is 6.06. The molecule has 31 heavy (non-hydrogen) atoms. The van der Waals surface area contributed by atoms with Crippen molar-refractivity contribution in [3.8, 4) is 5.75 Å². The first-order valence-electron chi connectivity index (χ1n) is 9.14. The number of rotatable bonds is 9. The molecule has 0 radical (unpaired) electrons. The number of carbonyl (C=O) groups excluding carboxylic acids is 3. The normalized spacial score (nSPS) is 10.5. The van der Waals surface area contributed by atoms with Crippen LogP contribution >= 0.6 is 23.1 Å². The highest BCUT2D eigenvalue weighted by molar-refractivity contribution is 8.01. The predicted molar refractivity (Wildman–Crippen MR) is 120 cm³/mol. The van der Waals surface area contributed by atoms with Gasteiger partial charge in [0.15, 0.2) is 5.13 Å². The molecule has 0 atom stereocenters. The minimum absolute atomic E-state index is 0.150. The molecule has 3 rings (SSSR count). The van der Waals surface area contributed by atoms with Crippen LogP contribution in [0.15, 0.2) is 52.7 Å². The van der Waals surface area contributed by atoms with Crippen LogP contribution in [-0.2, 0) is 11.4 Å². The second kappa shape index (κ2) is 10.1. The molecule has 2 aromatic carbocycles. The largest absolute Gasteiger partial charge is 0.488 e. The third-order valence-corrected chi connectivity index (χ3v) is 6.51. The van der Waals surface area contributed by atoms with Crippen molar-refractivity contribution < 1.29 is 19.1 Å². The van der Waals surface area contributed by atoms with Crippen molar-refractivity contribution in [1.29, 1.82) is 0 Å². The molecule has 1 heterocycles.